The van der Waals surface area contributed by atoms with Crippen LogP contribution in [0.25, 0.3) is 0 Å². The predicted octanol–water partition coefficient (Wildman–Crippen LogP) is 3.94. The molecule has 16 heavy (non-hydrogen) atoms. The van der Waals surface area contributed by atoms with Crippen LogP contribution < -0.4 is 0 Å². The van der Waals surface area contributed by atoms with Crippen LogP contribution in [0.5, 0.6) is 0 Å². The quantitative estimate of drug-likeness (QED) is 0.323. The minimum absolute atomic E-state index is 0.0690. The van der Waals surface area contributed by atoms with Crippen molar-refractivity contribution in [2.45, 2.75) is 6.10 Å². The molecule has 0 heterocycles. The standard InChI is InChI=1S/C8H4BrIN2O3S/c9-7-2-1-5(12(13)14)3-6(7)8(4-11)15-16-10/h1-3,8H. The summed E-state index contributed by atoms with van der Waals surface area (Å²) in [6.45, 7) is 0. The minimum Gasteiger partial charge on any atom is -0.282 e. The van der Waals surface area contributed by atoms with Gasteiger partial charge in [-0.3, -0.25) is 14.3 Å². The van der Waals surface area contributed by atoms with Crippen molar-refractivity contribution in [3.05, 3.63) is 38.3 Å². The van der Waals surface area contributed by atoms with Gasteiger partial charge in [0.15, 0.2) is 6.10 Å². The number of hydrogen-bond donors (Lipinski definition) is 0. The molecule has 84 valence electrons. The first kappa shape index (κ1) is 13.7. The maximum atomic E-state index is 10.6. The zero-order valence-electron chi connectivity index (χ0n) is 7.59. The number of halogens is 2. The zero-order valence-corrected chi connectivity index (χ0v) is 12.2. The van der Waals surface area contributed by atoms with E-state index in [2.05, 4.69) is 15.9 Å². The number of benzene rings is 1. The van der Waals surface area contributed by atoms with Gasteiger partial charge in [-0.2, -0.15) is 5.26 Å². The zero-order chi connectivity index (χ0) is 12.1. The van der Waals surface area contributed by atoms with Gasteiger partial charge in [-0.25, -0.2) is 0 Å². The van der Waals surface area contributed by atoms with E-state index in [9.17, 15) is 10.1 Å². The summed E-state index contributed by atoms with van der Waals surface area (Å²) in [5.74, 6) is 0. The molecule has 5 nitrogen and oxygen atoms in total. The summed E-state index contributed by atoms with van der Waals surface area (Å²) in [6.07, 6.45) is -0.837. The van der Waals surface area contributed by atoms with Crippen LogP contribution in [0.3, 0.4) is 0 Å². The van der Waals surface area contributed by atoms with Crippen molar-refractivity contribution in [1.29, 1.82) is 5.26 Å². The van der Waals surface area contributed by atoms with Gasteiger partial charge in [-0.1, -0.05) is 15.9 Å². The van der Waals surface area contributed by atoms with E-state index in [1.54, 1.807) is 0 Å². The molecule has 0 aliphatic carbocycles. The van der Waals surface area contributed by atoms with Crippen molar-refractivity contribution < 1.29 is 9.11 Å². The van der Waals surface area contributed by atoms with Crippen LogP contribution >= 0.6 is 46.3 Å². The normalized spacial score (nSPS) is 11.8. The van der Waals surface area contributed by atoms with E-state index in [0.29, 0.717) is 10.0 Å². The van der Waals surface area contributed by atoms with Gasteiger partial charge < -0.3 is 0 Å². The summed E-state index contributed by atoms with van der Waals surface area (Å²) in [5, 5.41) is 19.5. The molecule has 1 rings (SSSR count). The third-order valence-corrected chi connectivity index (χ3v) is 3.33. The van der Waals surface area contributed by atoms with Crippen LogP contribution in [0.1, 0.15) is 11.7 Å². The Hall–Kier alpha value is -0.370. The lowest BCUT2D eigenvalue weighted by atomic mass is 10.1. The lowest BCUT2D eigenvalue weighted by Gasteiger charge is -2.09. The molecule has 1 atom stereocenters. The number of nitro groups is 1. The van der Waals surface area contributed by atoms with E-state index < -0.39 is 11.0 Å². The Labute approximate surface area is 116 Å². The Bertz CT molecular complexity index is 451. The molecule has 0 aromatic heterocycles. The molecule has 0 radical (unpaired) electrons. The molecule has 1 unspecified atom stereocenters. The predicted molar refractivity (Wildman–Crippen MR) is 71.8 cm³/mol. The molecule has 0 saturated carbocycles. The fourth-order valence-corrected chi connectivity index (χ4v) is 2.32. The molecule has 0 bridgehead atoms. The fourth-order valence-electron chi connectivity index (χ4n) is 1.02. The number of hydrogen-bond acceptors (Lipinski definition) is 5. The Morgan fingerprint density at radius 3 is 2.88 bits per heavy atom. The van der Waals surface area contributed by atoms with E-state index in [4.69, 9.17) is 9.44 Å². The highest BCUT2D eigenvalue weighted by Crippen LogP contribution is 2.33. The van der Waals surface area contributed by atoms with Gasteiger partial charge in [0.25, 0.3) is 5.69 Å². The highest BCUT2D eigenvalue weighted by Gasteiger charge is 2.18. The first-order valence-electron chi connectivity index (χ1n) is 3.87. The number of nitrogens with zero attached hydrogens (tertiary/aromatic N) is 2. The lowest BCUT2D eigenvalue weighted by Crippen LogP contribution is -1.99. The minimum atomic E-state index is -0.837. The molecule has 0 aliphatic heterocycles. The third kappa shape index (κ3) is 3.31. The van der Waals surface area contributed by atoms with Gasteiger partial charge in [0.1, 0.15) is 6.07 Å². The van der Waals surface area contributed by atoms with Crippen molar-refractivity contribution in [3.63, 3.8) is 0 Å². The Morgan fingerprint density at radius 1 is 1.69 bits per heavy atom. The summed E-state index contributed by atoms with van der Waals surface area (Å²) in [5.41, 5.74) is 0.376. The molecule has 1 aromatic rings. The summed E-state index contributed by atoms with van der Waals surface area (Å²) < 4.78 is 5.69. The van der Waals surface area contributed by atoms with Crippen LogP contribution in [-0.4, -0.2) is 4.92 Å². The van der Waals surface area contributed by atoms with E-state index in [1.807, 2.05) is 27.3 Å². The van der Waals surface area contributed by atoms with Crippen molar-refractivity contribution >= 4 is 52.0 Å². The Morgan fingerprint density at radius 2 is 2.38 bits per heavy atom. The monoisotopic (exact) mass is 414 g/mol. The molecule has 0 amide bonds. The molecule has 0 N–H and O–H groups in total. The molecule has 0 aliphatic rings. The molecule has 0 fully saturated rings. The number of nitriles is 1. The van der Waals surface area contributed by atoms with Crippen molar-refractivity contribution in [3.8, 4) is 6.07 Å². The van der Waals surface area contributed by atoms with Gasteiger partial charge in [-0.05, 0) is 6.07 Å². The lowest BCUT2D eigenvalue weighted by molar-refractivity contribution is -0.385. The molecular formula is C8H4BrIN2O3S. The summed E-state index contributed by atoms with van der Waals surface area (Å²) in [6, 6.07) is 6.14. The maximum Gasteiger partial charge on any atom is 0.269 e. The molecule has 1 aromatic carbocycles. The number of nitro benzene ring substituents is 1. The first-order valence-corrected chi connectivity index (χ1v) is 7.95. The first-order chi connectivity index (χ1) is 7.60. The van der Waals surface area contributed by atoms with E-state index >= 15 is 0 Å². The second-order valence-electron chi connectivity index (χ2n) is 2.63. The SMILES string of the molecule is N#CC(OSI)c1cc([N+](=O)[O-])ccc1Br. The molecule has 0 spiro atoms. The smallest absolute Gasteiger partial charge is 0.269 e. The molecule has 0 saturated heterocycles. The largest absolute Gasteiger partial charge is 0.282 e. The second-order valence-corrected chi connectivity index (χ2v) is 4.88. The van der Waals surface area contributed by atoms with E-state index in [-0.39, 0.29) is 5.69 Å². The topological polar surface area (TPSA) is 76.2 Å². The van der Waals surface area contributed by atoms with Gasteiger partial charge in [-0.15, -0.1) is 0 Å². The van der Waals surface area contributed by atoms with Gasteiger partial charge >= 0.3 is 0 Å². The highest BCUT2D eigenvalue weighted by atomic mass is 127. The van der Waals surface area contributed by atoms with Crippen LogP contribution in [-0.2, 0) is 4.18 Å². The third-order valence-electron chi connectivity index (χ3n) is 1.72. The van der Waals surface area contributed by atoms with Crippen molar-refractivity contribution in [2.24, 2.45) is 0 Å². The van der Waals surface area contributed by atoms with Gasteiger partial charge in [0.2, 0.25) is 0 Å². The highest BCUT2D eigenvalue weighted by molar-refractivity contribution is 14.2. The van der Waals surface area contributed by atoms with Gasteiger partial charge in [0.05, 0.1) is 14.1 Å². The molecular weight excluding hydrogens is 411 g/mol. The average molecular weight is 415 g/mol. The molecule has 8 heteroatoms. The Balaban J connectivity index is 3.15. The number of non-ortho nitro benzene ring substituents is 1. The van der Waals surface area contributed by atoms with Crippen LogP contribution in [0, 0.1) is 21.4 Å². The van der Waals surface area contributed by atoms with E-state index in [1.165, 1.54) is 18.2 Å². The Kier molecular flexibility index (Phi) is 5.47. The van der Waals surface area contributed by atoms with E-state index in [0.717, 1.165) is 9.21 Å². The summed E-state index contributed by atoms with van der Waals surface area (Å²) in [4.78, 5) is 10.1. The second kappa shape index (κ2) is 6.39. The maximum absolute atomic E-state index is 10.6. The number of rotatable bonds is 4. The fraction of sp³-hybridized carbons (Fsp3) is 0.125. The van der Waals surface area contributed by atoms with Gasteiger partial charge in [0, 0.05) is 43.4 Å². The van der Waals surface area contributed by atoms with Crippen molar-refractivity contribution in [1.82, 2.24) is 0 Å². The average Bonchev–Trinajstić information content (AvgIpc) is 2.26. The van der Waals surface area contributed by atoms with Crippen LogP contribution in [0.4, 0.5) is 5.69 Å². The van der Waals surface area contributed by atoms with Crippen LogP contribution in [0.15, 0.2) is 22.7 Å². The van der Waals surface area contributed by atoms with Crippen LogP contribution in [0.2, 0.25) is 0 Å². The summed E-state index contributed by atoms with van der Waals surface area (Å²) in [7, 11) is 1.01. The van der Waals surface area contributed by atoms with Crippen molar-refractivity contribution in [2.75, 3.05) is 0 Å². The summed E-state index contributed by atoms with van der Waals surface area (Å²) >= 11 is 5.11.